The van der Waals surface area contributed by atoms with Gasteiger partial charge >= 0.3 is 0 Å². The molecule has 0 bridgehead atoms. The molecule has 0 aliphatic rings. The fourth-order valence-corrected chi connectivity index (χ4v) is 2.81. The van der Waals surface area contributed by atoms with Crippen molar-refractivity contribution in [3.05, 3.63) is 65.1 Å². The molecule has 2 heterocycles. The van der Waals surface area contributed by atoms with Crippen LogP contribution in [-0.4, -0.2) is 15.9 Å². The van der Waals surface area contributed by atoms with E-state index in [1.54, 1.807) is 42.7 Å². The quantitative estimate of drug-likeness (QED) is 0.581. The first-order valence-corrected chi connectivity index (χ1v) is 7.70. The first kappa shape index (κ1) is 14.7. The van der Waals surface area contributed by atoms with Gasteiger partial charge in [0.25, 0.3) is 5.91 Å². The van der Waals surface area contributed by atoms with Crippen molar-refractivity contribution < 1.29 is 9.21 Å². The lowest BCUT2D eigenvalue weighted by atomic mass is 10.1. The number of aryl methyl sites for hydroxylation is 1. The van der Waals surface area contributed by atoms with Gasteiger partial charge in [-0.15, -0.1) is 0 Å². The summed E-state index contributed by atoms with van der Waals surface area (Å²) >= 11 is 6.01. The Morgan fingerprint density at radius 1 is 1.08 bits per heavy atom. The molecule has 0 saturated carbocycles. The highest BCUT2D eigenvalue weighted by atomic mass is 35.5. The summed E-state index contributed by atoms with van der Waals surface area (Å²) in [4.78, 5) is 21.0. The van der Waals surface area contributed by atoms with E-state index >= 15 is 0 Å². The van der Waals surface area contributed by atoms with Gasteiger partial charge in [0.05, 0.1) is 11.0 Å². The van der Waals surface area contributed by atoms with Crippen LogP contribution in [0.15, 0.2) is 53.2 Å². The van der Waals surface area contributed by atoms with E-state index in [4.69, 9.17) is 16.0 Å². The minimum absolute atomic E-state index is 0.270. The number of benzene rings is 2. The van der Waals surface area contributed by atoms with E-state index in [9.17, 15) is 4.79 Å². The van der Waals surface area contributed by atoms with Crippen molar-refractivity contribution in [3.8, 4) is 0 Å². The summed E-state index contributed by atoms with van der Waals surface area (Å²) in [7, 11) is 0. The molecule has 1 N–H and O–H groups in total. The van der Waals surface area contributed by atoms with Gasteiger partial charge in [0.2, 0.25) is 0 Å². The summed E-state index contributed by atoms with van der Waals surface area (Å²) in [6.45, 7) is 1.84. The van der Waals surface area contributed by atoms with E-state index in [0.717, 1.165) is 16.5 Å². The lowest BCUT2D eigenvalue weighted by molar-refractivity contribution is 0.0998. The Balaban J connectivity index is 1.69. The first-order valence-electron chi connectivity index (χ1n) is 7.32. The summed E-state index contributed by atoms with van der Waals surface area (Å²) in [6, 6.07) is 10.6. The number of hydrogen-bond donors (Lipinski definition) is 1. The molecule has 5 nitrogen and oxygen atoms in total. The van der Waals surface area contributed by atoms with Crippen molar-refractivity contribution in [1.29, 1.82) is 0 Å². The smallest absolute Gasteiger partial charge is 0.291 e. The van der Waals surface area contributed by atoms with E-state index in [0.29, 0.717) is 21.8 Å². The largest absolute Gasteiger partial charge is 0.451 e. The standard InChI is InChI=1S/C18H12ClN3O2/c1-10-13-8-11(19)2-5-16(13)24-17(10)18(23)22-12-3-4-14-15(9-12)21-7-6-20-14/h2-9H,1H3,(H,22,23). The average molecular weight is 338 g/mol. The maximum atomic E-state index is 12.6. The molecule has 2 aromatic heterocycles. The van der Waals surface area contributed by atoms with Crippen molar-refractivity contribution in [2.45, 2.75) is 6.92 Å². The zero-order valence-corrected chi connectivity index (χ0v) is 13.5. The van der Waals surface area contributed by atoms with Crippen molar-refractivity contribution in [2.24, 2.45) is 0 Å². The van der Waals surface area contributed by atoms with Gasteiger partial charge in [-0.2, -0.15) is 0 Å². The van der Waals surface area contributed by atoms with Crippen LogP contribution in [-0.2, 0) is 0 Å². The molecule has 4 rings (SSSR count). The van der Waals surface area contributed by atoms with Crippen LogP contribution in [0.5, 0.6) is 0 Å². The molecule has 0 saturated heterocycles. The summed E-state index contributed by atoms with van der Waals surface area (Å²) in [5.41, 5.74) is 3.50. The minimum Gasteiger partial charge on any atom is -0.451 e. The van der Waals surface area contributed by atoms with E-state index in [2.05, 4.69) is 15.3 Å². The first-order chi connectivity index (χ1) is 11.6. The molecule has 0 fully saturated rings. The zero-order chi connectivity index (χ0) is 16.7. The zero-order valence-electron chi connectivity index (χ0n) is 12.7. The lowest BCUT2D eigenvalue weighted by Crippen LogP contribution is -2.12. The van der Waals surface area contributed by atoms with Crippen LogP contribution in [0.3, 0.4) is 0 Å². The van der Waals surface area contributed by atoms with Crippen molar-refractivity contribution >= 4 is 45.2 Å². The number of aromatic nitrogens is 2. The van der Waals surface area contributed by atoms with Crippen LogP contribution in [0.4, 0.5) is 5.69 Å². The van der Waals surface area contributed by atoms with E-state index in [1.165, 1.54) is 0 Å². The predicted octanol–water partition coefficient (Wildman–Crippen LogP) is 4.59. The number of carbonyl (C=O) groups is 1. The molecule has 24 heavy (non-hydrogen) atoms. The summed E-state index contributed by atoms with van der Waals surface area (Å²) in [5, 5.41) is 4.27. The minimum atomic E-state index is -0.317. The molecular weight excluding hydrogens is 326 g/mol. The highest BCUT2D eigenvalue weighted by Gasteiger charge is 2.18. The molecule has 0 aliphatic heterocycles. The van der Waals surface area contributed by atoms with Crippen molar-refractivity contribution in [2.75, 3.05) is 5.32 Å². The molecule has 2 aromatic carbocycles. The molecule has 118 valence electrons. The molecular formula is C18H12ClN3O2. The van der Waals surface area contributed by atoms with E-state index in [1.807, 2.05) is 13.0 Å². The van der Waals surface area contributed by atoms with Gasteiger partial charge in [-0.25, -0.2) is 0 Å². The normalized spacial score (nSPS) is 11.1. The molecule has 0 unspecified atom stereocenters. The number of nitrogens with zero attached hydrogens (tertiary/aromatic N) is 2. The van der Waals surface area contributed by atoms with Crippen LogP contribution < -0.4 is 5.32 Å². The number of fused-ring (bicyclic) bond motifs is 2. The van der Waals surface area contributed by atoms with Gasteiger partial charge in [-0.1, -0.05) is 11.6 Å². The number of rotatable bonds is 2. The predicted molar refractivity (Wildman–Crippen MR) is 93.5 cm³/mol. The number of anilines is 1. The highest BCUT2D eigenvalue weighted by Crippen LogP contribution is 2.28. The molecule has 1 amide bonds. The summed E-state index contributed by atoms with van der Waals surface area (Å²) in [5.74, 6) is -0.0467. The van der Waals surface area contributed by atoms with Gasteiger partial charge in [0.15, 0.2) is 5.76 Å². The fourth-order valence-electron chi connectivity index (χ4n) is 2.64. The van der Waals surface area contributed by atoms with Crippen molar-refractivity contribution in [1.82, 2.24) is 9.97 Å². The number of hydrogen-bond acceptors (Lipinski definition) is 4. The van der Waals surface area contributed by atoms with Crippen LogP contribution >= 0.6 is 11.6 Å². The number of halogens is 1. The van der Waals surface area contributed by atoms with Crippen LogP contribution in [0.2, 0.25) is 5.02 Å². The third kappa shape index (κ3) is 2.49. The Hall–Kier alpha value is -2.92. The number of nitrogens with one attached hydrogen (secondary N) is 1. The molecule has 4 aromatic rings. The summed E-state index contributed by atoms with van der Waals surface area (Å²) < 4.78 is 5.68. The molecule has 0 aliphatic carbocycles. The average Bonchev–Trinajstić information content (AvgIpc) is 2.91. The third-order valence-corrected chi connectivity index (χ3v) is 4.07. The Morgan fingerprint density at radius 3 is 2.71 bits per heavy atom. The number of amides is 1. The third-order valence-electron chi connectivity index (χ3n) is 3.83. The van der Waals surface area contributed by atoms with Gasteiger partial charge < -0.3 is 9.73 Å². The lowest BCUT2D eigenvalue weighted by Gasteiger charge is -2.04. The fraction of sp³-hybridized carbons (Fsp3) is 0.0556. The molecule has 6 heteroatoms. The second-order valence-corrected chi connectivity index (χ2v) is 5.85. The maximum absolute atomic E-state index is 12.6. The molecule has 0 radical (unpaired) electrons. The van der Waals surface area contributed by atoms with Gasteiger partial charge in [-0.3, -0.25) is 14.8 Å². The Morgan fingerprint density at radius 2 is 1.88 bits per heavy atom. The van der Waals surface area contributed by atoms with Gasteiger partial charge in [0.1, 0.15) is 5.58 Å². The maximum Gasteiger partial charge on any atom is 0.291 e. The molecule has 0 atom stereocenters. The topological polar surface area (TPSA) is 68.0 Å². The Labute approximate surface area is 142 Å². The van der Waals surface area contributed by atoms with Gasteiger partial charge in [-0.05, 0) is 43.3 Å². The van der Waals surface area contributed by atoms with Crippen LogP contribution in [0, 0.1) is 6.92 Å². The number of carbonyl (C=O) groups excluding carboxylic acids is 1. The monoisotopic (exact) mass is 337 g/mol. The van der Waals surface area contributed by atoms with Crippen molar-refractivity contribution in [3.63, 3.8) is 0 Å². The second kappa shape index (κ2) is 5.62. The second-order valence-electron chi connectivity index (χ2n) is 5.41. The van der Waals surface area contributed by atoms with Crippen LogP contribution in [0.1, 0.15) is 16.1 Å². The van der Waals surface area contributed by atoms with Crippen LogP contribution in [0.25, 0.3) is 22.0 Å². The highest BCUT2D eigenvalue weighted by molar-refractivity contribution is 6.31. The van der Waals surface area contributed by atoms with Gasteiger partial charge in [0, 0.05) is 34.1 Å². The Bertz CT molecular complexity index is 1090. The summed E-state index contributed by atoms with van der Waals surface area (Å²) in [6.07, 6.45) is 3.24. The number of furan rings is 1. The van der Waals surface area contributed by atoms with E-state index in [-0.39, 0.29) is 11.7 Å². The molecule has 0 spiro atoms. The van der Waals surface area contributed by atoms with E-state index < -0.39 is 0 Å². The Kier molecular flexibility index (Phi) is 3.43. The SMILES string of the molecule is Cc1c(C(=O)Nc2ccc3nccnc3c2)oc2ccc(Cl)cc12.